The number of halogens is 8. The number of fused-ring (bicyclic) bond motifs is 2. The van der Waals surface area contributed by atoms with Crippen LogP contribution in [0.5, 0.6) is 0 Å². The first kappa shape index (κ1) is 37.0. The predicted octanol–water partition coefficient (Wildman–Crippen LogP) is 6.47. The zero-order valence-corrected chi connectivity index (χ0v) is 28.7. The van der Waals surface area contributed by atoms with Crippen LogP contribution in [-0.2, 0) is 43.0 Å². The van der Waals surface area contributed by atoms with Gasteiger partial charge in [-0.3, -0.25) is 9.40 Å². The lowest BCUT2D eigenvalue weighted by Crippen LogP contribution is -2.37. The number of carbonyl (C=O) groups is 1. The molecule has 2 aromatic carbocycles. The highest BCUT2D eigenvalue weighted by Crippen LogP contribution is 2.47. The molecule has 0 bridgehead atoms. The summed E-state index contributed by atoms with van der Waals surface area (Å²) in [5, 5.41) is 23.0. The van der Waals surface area contributed by atoms with E-state index in [1.165, 1.54) is 23.1 Å². The van der Waals surface area contributed by atoms with E-state index < -0.39 is 83.0 Å². The molecule has 6 rings (SSSR count). The number of carbonyl (C=O) groups excluding carboxylic acids is 1. The van der Waals surface area contributed by atoms with Crippen LogP contribution in [-0.4, -0.2) is 59.3 Å². The molecule has 3 aromatic heterocycles. The molecule has 20 heteroatoms. The Bertz CT molecular complexity index is 2210. The number of nitrogens with zero attached hydrogens (tertiary/aromatic N) is 5. The summed E-state index contributed by atoms with van der Waals surface area (Å²) in [4.78, 5) is 18.5. The minimum atomic E-state index is -5.16. The van der Waals surface area contributed by atoms with Crippen LogP contribution < -0.4 is 15.4 Å². The first-order chi connectivity index (χ1) is 24.5. The average molecular weight is 773 g/mol. The number of pyridine rings is 1. The van der Waals surface area contributed by atoms with Gasteiger partial charge in [0.1, 0.15) is 34.1 Å². The molecule has 11 nitrogen and oxygen atoms in total. The van der Waals surface area contributed by atoms with E-state index in [1.54, 1.807) is 19.2 Å². The van der Waals surface area contributed by atoms with Gasteiger partial charge < -0.3 is 15.7 Å². The molecule has 3 heterocycles. The second-order valence-corrected chi connectivity index (χ2v) is 13.4. The first-order valence-electron chi connectivity index (χ1n) is 15.4. The Morgan fingerprint density at radius 2 is 1.79 bits per heavy atom. The van der Waals surface area contributed by atoms with Crippen LogP contribution in [0, 0.1) is 11.6 Å². The fourth-order valence-corrected chi connectivity index (χ4v) is 6.94. The fraction of sp³-hybridized carbons (Fsp3) is 0.312. The monoisotopic (exact) mass is 772 g/mol. The summed E-state index contributed by atoms with van der Waals surface area (Å²) in [6.45, 7) is -0.300. The molecule has 2 unspecified atom stereocenters. The first-order valence-corrected chi connectivity index (χ1v) is 17.4. The van der Waals surface area contributed by atoms with E-state index in [4.69, 9.17) is 11.6 Å². The van der Waals surface area contributed by atoms with E-state index in [-0.39, 0.29) is 51.3 Å². The van der Waals surface area contributed by atoms with Gasteiger partial charge in [0.25, 0.3) is 5.92 Å². The van der Waals surface area contributed by atoms with Crippen LogP contribution in [0.2, 0.25) is 5.02 Å². The van der Waals surface area contributed by atoms with Crippen LogP contribution >= 0.6 is 11.6 Å². The molecule has 0 saturated heterocycles. The van der Waals surface area contributed by atoms with Crippen molar-refractivity contribution in [1.82, 2.24) is 29.9 Å². The number of hydrogen-bond donors (Lipinski definition) is 4. The largest absolute Gasteiger partial charge is 0.435 e. The molecule has 0 fully saturated rings. The number of aliphatic hydroxyl groups excluding tert-OH is 1. The SMILES string of the molecule is Cn1nc(NS(C)=O)c2c(Cl)ccc(-c3ccc(NCCO)nc3C(Cc3cc(F)cc(F)c3)NC(=O)n3nc(C(F)(F)F)c4c3C(F)(F)CC4)c21. The number of nitrogens with one attached hydrogen (secondary N) is 3. The lowest BCUT2D eigenvalue weighted by molar-refractivity contribution is -0.142. The number of hydrogen-bond acceptors (Lipinski definition) is 7. The molecule has 1 aliphatic rings. The molecule has 0 aliphatic heterocycles. The number of benzene rings is 2. The summed E-state index contributed by atoms with van der Waals surface area (Å²) in [7, 11) is 0.00663. The normalized spacial score (nSPS) is 15.1. The van der Waals surface area contributed by atoms with E-state index in [0.717, 1.165) is 12.1 Å². The Labute approximate surface area is 297 Å². The van der Waals surface area contributed by atoms with Gasteiger partial charge in [0.2, 0.25) is 0 Å². The van der Waals surface area contributed by atoms with Crippen molar-refractivity contribution in [3.8, 4) is 11.1 Å². The highest BCUT2D eigenvalue weighted by molar-refractivity contribution is 7.85. The molecule has 0 radical (unpaired) electrons. The average Bonchev–Trinajstić information content (AvgIpc) is 3.71. The van der Waals surface area contributed by atoms with Gasteiger partial charge in [-0.15, -0.1) is 0 Å². The van der Waals surface area contributed by atoms with Gasteiger partial charge in [0, 0.05) is 49.0 Å². The number of alkyl halides is 5. The third kappa shape index (κ3) is 7.16. The fourth-order valence-electron chi connectivity index (χ4n) is 6.28. The topological polar surface area (TPSA) is 139 Å². The standard InChI is InChI=1S/C32H28ClF7N8O3S/c1-47-26-19(3-5-21(33)24(26)29(45-47)46-52(2)51)18-4-6-23(41-9-10-49)43-25(18)22(13-15-11-16(34)14-17(35)12-15)42-30(50)48-28-20(7-8-31(28,36)37)27(44-48)32(38,39)40/h3-6,11-12,14,22,49H,7-10,13H2,1-2H3,(H,41,43)(H,42,50)(H,45,46). The van der Waals surface area contributed by atoms with Gasteiger partial charge in [0.15, 0.2) is 11.5 Å². The number of anilines is 2. The minimum absolute atomic E-state index is 0.0166. The maximum atomic E-state index is 15.0. The molecule has 0 saturated carbocycles. The number of aromatic nitrogens is 5. The van der Waals surface area contributed by atoms with Gasteiger partial charge in [-0.2, -0.15) is 36.8 Å². The molecular weight excluding hydrogens is 745 g/mol. The molecule has 0 spiro atoms. The van der Waals surface area contributed by atoms with Crippen LogP contribution in [0.25, 0.3) is 22.0 Å². The Balaban J connectivity index is 1.56. The van der Waals surface area contributed by atoms with E-state index in [2.05, 4.69) is 30.5 Å². The van der Waals surface area contributed by atoms with Crippen molar-refractivity contribution < 1.29 is 44.8 Å². The van der Waals surface area contributed by atoms with Crippen LogP contribution in [0.1, 0.15) is 40.7 Å². The Kier molecular flexibility index (Phi) is 9.97. The lowest BCUT2D eigenvalue weighted by Gasteiger charge is -2.23. The molecule has 1 aliphatic carbocycles. The summed E-state index contributed by atoms with van der Waals surface area (Å²) >= 11 is 6.56. The highest BCUT2D eigenvalue weighted by Gasteiger charge is 2.51. The Hall–Kier alpha value is -4.75. The van der Waals surface area contributed by atoms with E-state index in [9.17, 15) is 36.1 Å². The van der Waals surface area contributed by atoms with Gasteiger partial charge in [-0.25, -0.2) is 22.8 Å². The van der Waals surface area contributed by atoms with Gasteiger partial charge >= 0.3 is 12.2 Å². The third-order valence-electron chi connectivity index (χ3n) is 8.28. The molecule has 52 heavy (non-hydrogen) atoms. The Morgan fingerprint density at radius 1 is 1.10 bits per heavy atom. The maximum absolute atomic E-state index is 15.0. The summed E-state index contributed by atoms with van der Waals surface area (Å²) in [5.74, 6) is -5.48. The number of rotatable bonds is 10. The number of aryl methyl sites for hydroxylation is 1. The lowest BCUT2D eigenvalue weighted by atomic mass is 9.94. The molecule has 5 aromatic rings. The van der Waals surface area contributed by atoms with Crippen molar-refractivity contribution >= 4 is 51.2 Å². The van der Waals surface area contributed by atoms with E-state index >= 15 is 8.78 Å². The maximum Gasteiger partial charge on any atom is 0.435 e. The second kappa shape index (κ2) is 14.0. The van der Waals surface area contributed by atoms with Crippen LogP contribution in [0.3, 0.4) is 0 Å². The molecule has 4 N–H and O–H groups in total. The quantitative estimate of drug-likeness (QED) is 0.119. The highest BCUT2D eigenvalue weighted by atomic mass is 35.5. The van der Waals surface area contributed by atoms with Crippen molar-refractivity contribution in [3.63, 3.8) is 0 Å². The van der Waals surface area contributed by atoms with Crippen molar-refractivity contribution in [2.45, 2.75) is 37.4 Å². The number of aliphatic hydroxyl groups is 1. The van der Waals surface area contributed by atoms with Crippen molar-refractivity contribution in [2.24, 2.45) is 7.05 Å². The smallest absolute Gasteiger partial charge is 0.395 e. The molecule has 2 atom stereocenters. The minimum Gasteiger partial charge on any atom is -0.395 e. The Morgan fingerprint density at radius 3 is 2.44 bits per heavy atom. The zero-order valence-electron chi connectivity index (χ0n) is 27.1. The summed E-state index contributed by atoms with van der Waals surface area (Å²) in [6.07, 6.45) is -5.88. The third-order valence-corrected chi connectivity index (χ3v) is 9.08. The predicted molar refractivity (Wildman–Crippen MR) is 178 cm³/mol. The van der Waals surface area contributed by atoms with Gasteiger partial charge in [-0.1, -0.05) is 17.7 Å². The molecule has 276 valence electrons. The summed E-state index contributed by atoms with van der Waals surface area (Å²) < 4.78 is 117. The van der Waals surface area contributed by atoms with Crippen LogP contribution in [0.4, 0.5) is 47.2 Å². The zero-order chi connectivity index (χ0) is 37.7. The van der Waals surface area contributed by atoms with E-state index in [0.29, 0.717) is 22.5 Å². The van der Waals surface area contributed by atoms with Crippen molar-refractivity contribution in [3.05, 3.63) is 87.3 Å². The summed E-state index contributed by atoms with van der Waals surface area (Å²) in [5.41, 5.74) is -2.75. The second-order valence-electron chi connectivity index (χ2n) is 11.9. The van der Waals surface area contributed by atoms with Crippen LogP contribution in [0.15, 0.2) is 42.5 Å². The van der Waals surface area contributed by atoms with Crippen molar-refractivity contribution in [2.75, 3.05) is 29.4 Å². The van der Waals surface area contributed by atoms with Gasteiger partial charge in [-0.05, 0) is 48.7 Å². The van der Waals surface area contributed by atoms with E-state index in [1.807, 2.05) is 0 Å². The molecule has 1 amide bonds. The number of amides is 1. The molecular formula is C32H28ClF7N8O3S. The van der Waals surface area contributed by atoms with Crippen molar-refractivity contribution in [1.29, 1.82) is 0 Å². The summed E-state index contributed by atoms with van der Waals surface area (Å²) in [6, 6.07) is 5.73. The van der Waals surface area contributed by atoms with Gasteiger partial charge in [0.05, 0.1) is 34.3 Å².